The van der Waals surface area contributed by atoms with Crippen LogP contribution in [0, 0.1) is 11.5 Å². The molecule has 0 saturated heterocycles. The van der Waals surface area contributed by atoms with Crippen molar-refractivity contribution in [1.29, 1.82) is 5.26 Å². The second-order valence-corrected chi connectivity index (χ2v) is 3.08. The Bertz CT molecular complexity index is 229. The highest BCUT2D eigenvalue weighted by atomic mass is 15.4. The smallest absolute Gasteiger partial charge is 0.207 e. The van der Waals surface area contributed by atoms with E-state index in [0.717, 1.165) is 19.4 Å². The molecule has 0 atom stereocenters. The summed E-state index contributed by atoms with van der Waals surface area (Å²) in [5.41, 5.74) is 5.51. The van der Waals surface area contributed by atoms with E-state index in [0.29, 0.717) is 19.3 Å². The van der Waals surface area contributed by atoms with Gasteiger partial charge in [0.25, 0.3) is 0 Å². The Balaban J connectivity index is 2.44. The number of rotatable bonds is 3. The van der Waals surface area contributed by atoms with Crippen molar-refractivity contribution in [2.45, 2.75) is 19.8 Å². The molecule has 0 saturated carbocycles. The second kappa shape index (κ2) is 4.67. The predicted octanol–water partition coefficient (Wildman–Crippen LogP) is 0.115. The Kier molecular flexibility index (Phi) is 3.53. The molecule has 0 radical (unpaired) electrons. The molecule has 1 rings (SSSR count). The Labute approximate surface area is 78.4 Å². The van der Waals surface area contributed by atoms with Gasteiger partial charge in [-0.15, -0.1) is 0 Å². The van der Waals surface area contributed by atoms with Crippen LogP contribution in [0.5, 0.6) is 0 Å². The molecule has 5 nitrogen and oxygen atoms in total. The second-order valence-electron chi connectivity index (χ2n) is 3.08. The van der Waals surface area contributed by atoms with Gasteiger partial charge < -0.3 is 5.73 Å². The fourth-order valence-corrected chi connectivity index (χ4v) is 1.18. The van der Waals surface area contributed by atoms with Crippen LogP contribution < -0.4 is 5.73 Å². The minimum Gasteiger partial charge on any atom is -0.369 e. The lowest BCUT2D eigenvalue weighted by atomic mass is 10.3. The monoisotopic (exact) mass is 181 g/mol. The van der Waals surface area contributed by atoms with Crippen molar-refractivity contribution in [2.24, 2.45) is 10.7 Å². The van der Waals surface area contributed by atoms with E-state index in [4.69, 9.17) is 11.0 Å². The molecule has 0 aromatic heterocycles. The van der Waals surface area contributed by atoms with Crippen LogP contribution in [-0.2, 0) is 0 Å². The zero-order valence-electron chi connectivity index (χ0n) is 7.90. The lowest BCUT2D eigenvalue weighted by molar-refractivity contribution is 0.203. The maximum atomic E-state index is 8.69. The Morgan fingerprint density at radius 2 is 2.46 bits per heavy atom. The number of nitrogens with two attached hydrogens (primary N) is 1. The van der Waals surface area contributed by atoms with Crippen molar-refractivity contribution in [2.75, 3.05) is 19.9 Å². The highest BCUT2D eigenvalue weighted by Crippen LogP contribution is 2.02. The normalized spacial score (nSPS) is 18.2. The van der Waals surface area contributed by atoms with E-state index < -0.39 is 0 Å². The molecular formula is C8H15N5. The Hall–Kier alpha value is -1.28. The topological polar surface area (TPSA) is 68.7 Å². The molecule has 0 amide bonds. The van der Waals surface area contributed by atoms with E-state index in [1.165, 1.54) is 4.90 Å². The van der Waals surface area contributed by atoms with Gasteiger partial charge in [0.1, 0.15) is 0 Å². The maximum absolute atomic E-state index is 8.69. The lowest BCUT2D eigenvalue weighted by Gasteiger charge is -2.29. The van der Waals surface area contributed by atoms with Crippen LogP contribution in [0.3, 0.4) is 0 Å². The molecule has 0 unspecified atom stereocenters. The summed E-state index contributed by atoms with van der Waals surface area (Å²) < 4.78 is 0. The van der Waals surface area contributed by atoms with Crippen LogP contribution in [0.2, 0.25) is 0 Å². The summed E-state index contributed by atoms with van der Waals surface area (Å²) >= 11 is 0. The predicted molar refractivity (Wildman–Crippen MR) is 50.4 cm³/mol. The third-order valence-corrected chi connectivity index (χ3v) is 2.00. The standard InChI is InChI=1S/C8H15N5/c1-2-3-4-12-6-11-8(10)13(5-9)7-12/h2-4,6-7H2,1H3,(H2,10,11). The van der Waals surface area contributed by atoms with Gasteiger partial charge in [0.2, 0.25) is 5.96 Å². The fraction of sp³-hybridized carbons (Fsp3) is 0.750. The summed E-state index contributed by atoms with van der Waals surface area (Å²) in [6.07, 6.45) is 4.28. The molecule has 0 aliphatic carbocycles. The van der Waals surface area contributed by atoms with Gasteiger partial charge in [-0.05, 0) is 6.42 Å². The van der Waals surface area contributed by atoms with E-state index in [2.05, 4.69) is 16.8 Å². The van der Waals surface area contributed by atoms with Crippen LogP contribution in [0.15, 0.2) is 4.99 Å². The molecule has 5 heteroatoms. The fourth-order valence-electron chi connectivity index (χ4n) is 1.18. The summed E-state index contributed by atoms with van der Waals surface area (Å²) in [7, 11) is 0. The molecule has 0 aromatic rings. The van der Waals surface area contributed by atoms with Crippen molar-refractivity contribution >= 4 is 5.96 Å². The molecule has 0 fully saturated rings. The van der Waals surface area contributed by atoms with E-state index in [9.17, 15) is 0 Å². The minimum absolute atomic E-state index is 0.329. The van der Waals surface area contributed by atoms with Gasteiger partial charge in [0, 0.05) is 6.54 Å². The molecule has 1 aliphatic rings. The molecule has 13 heavy (non-hydrogen) atoms. The van der Waals surface area contributed by atoms with Crippen LogP contribution in [0.4, 0.5) is 0 Å². The van der Waals surface area contributed by atoms with Crippen molar-refractivity contribution in [1.82, 2.24) is 9.80 Å². The first kappa shape index (κ1) is 9.81. The summed E-state index contributed by atoms with van der Waals surface area (Å²) in [5.74, 6) is 0.329. The van der Waals surface area contributed by atoms with Crippen molar-refractivity contribution in [3.8, 4) is 6.19 Å². The van der Waals surface area contributed by atoms with E-state index in [1.54, 1.807) is 0 Å². The molecule has 1 aliphatic heterocycles. The van der Waals surface area contributed by atoms with Crippen LogP contribution in [0.25, 0.3) is 0 Å². The number of hydrogen-bond donors (Lipinski definition) is 1. The van der Waals surface area contributed by atoms with E-state index >= 15 is 0 Å². The highest BCUT2D eigenvalue weighted by molar-refractivity contribution is 5.79. The number of nitrogens with zero attached hydrogens (tertiary/aromatic N) is 4. The van der Waals surface area contributed by atoms with Crippen LogP contribution >= 0.6 is 0 Å². The zero-order chi connectivity index (χ0) is 9.68. The van der Waals surface area contributed by atoms with Gasteiger partial charge in [-0.25, -0.2) is 9.89 Å². The number of unbranched alkanes of at least 4 members (excludes halogenated alkanes) is 1. The molecule has 0 aromatic carbocycles. The number of guanidine groups is 1. The average Bonchev–Trinajstić information content (AvgIpc) is 2.16. The van der Waals surface area contributed by atoms with Crippen molar-refractivity contribution in [3.05, 3.63) is 0 Å². The van der Waals surface area contributed by atoms with Crippen LogP contribution in [-0.4, -0.2) is 35.6 Å². The first-order valence-corrected chi connectivity index (χ1v) is 4.47. The molecule has 0 spiro atoms. The molecule has 0 bridgehead atoms. The van der Waals surface area contributed by atoms with Gasteiger partial charge >= 0.3 is 0 Å². The number of aliphatic imine (C=N–C) groups is 1. The Morgan fingerprint density at radius 3 is 3.08 bits per heavy atom. The SMILES string of the molecule is CCCCN1CN=C(N)N(C#N)C1. The Morgan fingerprint density at radius 1 is 1.69 bits per heavy atom. The highest BCUT2D eigenvalue weighted by Gasteiger charge is 2.16. The van der Waals surface area contributed by atoms with Gasteiger partial charge in [0.15, 0.2) is 6.19 Å². The van der Waals surface area contributed by atoms with E-state index in [-0.39, 0.29) is 0 Å². The van der Waals surface area contributed by atoms with Gasteiger partial charge in [-0.1, -0.05) is 13.3 Å². The average molecular weight is 181 g/mol. The summed E-state index contributed by atoms with van der Waals surface area (Å²) in [6.45, 7) is 4.31. The third kappa shape index (κ3) is 2.60. The minimum atomic E-state index is 0.329. The largest absolute Gasteiger partial charge is 0.369 e. The molecule has 1 heterocycles. The third-order valence-electron chi connectivity index (χ3n) is 2.00. The first-order valence-electron chi connectivity index (χ1n) is 4.47. The molecule has 2 N–H and O–H groups in total. The summed E-state index contributed by atoms with van der Waals surface area (Å²) in [6, 6.07) is 0. The van der Waals surface area contributed by atoms with Gasteiger partial charge in [-0.3, -0.25) is 4.90 Å². The summed E-state index contributed by atoms with van der Waals surface area (Å²) in [5, 5.41) is 8.69. The number of hydrogen-bond acceptors (Lipinski definition) is 5. The first-order chi connectivity index (χ1) is 6.27. The van der Waals surface area contributed by atoms with Gasteiger partial charge in [0.05, 0.1) is 13.3 Å². The van der Waals surface area contributed by atoms with Crippen LogP contribution in [0.1, 0.15) is 19.8 Å². The van der Waals surface area contributed by atoms with E-state index in [1.807, 2.05) is 6.19 Å². The zero-order valence-corrected chi connectivity index (χ0v) is 7.90. The molecular weight excluding hydrogens is 166 g/mol. The maximum Gasteiger partial charge on any atom is 0.207 e. The quantitative estimate of drug-likeness (QED) is 0.628. The van der Waals surface area contributed by atoms with Gasteiger partial charge in [-0.2, -0.15) is 5.26 Å². The number of nitriles is 1. The van der Waals surface area contributed by atoms with Crippen molar-refractivity contribution < 1.29 is 0 Å². The van der Waals surface area contributed by atoms with Crippen molar-refractivity contribution in [3.63, 3.8) is 0 Å². The lowest BCUT2D eigenvalue weighted by Crippen LogP contribution is -2.47. The molecule has 72 valence electrons. The summed E-state index contributed by atoms with van der Waals surface area (Å²) in [4.78, 5) is 7.54.